The molecule has 0 saturated heterocycles. The molecule has 0 spiro atoms. The Morgan fingerprint density at radius 1 is 1.50 bits per heavy atom. The van der Waals surface area contributed by atoms with Crippen LogP contribution in [0.25, 0.3) is 11.3 Å². The quantitative estimate of drug-likeness (QED) is 0.894. The Morgan fingerprint density at radius 3 is 3.11 bits per heavy atom. The molecule has 18 heavy (non-hydrogen) atoms. The zero-order valence-corrected chi connectivity index (χ0v) is 11.4. The SMILES string of the molecule is CCC1CNc2cc(-c3ncsc3C)ccc2O1. The average molecular weight is 260 g/mol. The lowest BCUT2D eigenvalue weighted by molar-refractivity contribution is 0.202. The molecule has 2 aromatic rings. The maximum absolute atomic E-state index is 5.90. The Bertz CT molecular complexity index is 565. The molecule has 1 atom stereocenters. The summed E-state index contributed by atoms with van der Waals surface area (Å²) in [4.78, 5) is 5.66. The van der Waals surface area contributed by atoms with Crippen LogP contribution in [0.5, 0.6) is 5.75 Å². The number of nitrogens with one attached hydrogen (secondary N) is 1. The van der Waals surface area contributed by atoms with Gasteiger partial charge < -0.3 is 10.1 Å². The van der Waals surface area contributed by atoms with Gasteiger partial charge in [-0.25, -0.2) is 4.98 Å². The molecule has 1 aliphatic heterocycles. The van der Waals surface area contributed by atoms with Crippen molar-refractivity contribution >= 4 is 17.0 Å². The van der Waals surface area contributed by atoms with E-state index in [1.807, 2.05) is 11.6 Å². The van der Waals surface area contributed by atoms with Gasteiger partial charge in [0.1, 0.15) is 11.9 Å². The van der Waals surface area contributed by atoms with Crippen LogP contribution in [-0.2, 0) is 0 Å². The summed E-state index contributed by atoms with van der Waals surface area (Å²) in [5, 5.41) is 3.44. The van der Waals surface area contributed by atoms with Crippen LogP contribution in [0.4, 0.5) is 5.69 Å². The van der Waals surface area contributed by atoms with E-state index in [1.54, 1.807) is 11.3 Å². The first-order valence-corrected chi connectivity index (χ1v) is 7.11. The van der Waals surface area contributed by atoms with Crippen LogP contribution in [0.3, 0.4) is 0 Å². The third-order valence-corrected chi connectivity index (χ3v) is 4.02. The highest BCUT2D eigenvalue weighted by Gasteiger charge is 2.18. The van der Waals surface area contributed by atoms with Gasteiger partial charge in [0.05, 0.1) is 23.4 Å². The van der Waals surface area contributed by atoms with E-state index in [1.165, 1.54) is 4.88 Å². The molecular weight excluding hydrogens is 244 g/mol. The lowest BCUT2D eigenvalue weighted by atomic mass is 10.1. The lowest BCUT2D eigenvalue weighted by Crippen LogP contribution is -2.29. The first-order chi connectivity index (χ1) is 8.78. The van der Waals surface area contributed by atoms with Gasteiger partial charge in [0.15, 0.2) is 0 Å². The zero-order valence-electron chi connectivity index (χ0n) is 10.6. The molecule has 0 aliphatic carbocycles. The van der Waals surface area contributed by atoms with Crippen molar-refractivity contribution in [3.63, 3.8) is 0 Å². The maximum Gasteiger partial charge on any atom is 0.142 e. The number of nitrogens with zero attached hydrogens (tertiary/aromatic N) is 1. The normalized spacial score (nSPS) is 17.8. The number of aryl methyl sites for hydroxylation is 1. The van der Waals surface area contributed by atoms with Gasteiger partial charge in [-0.05, 0) is 31.5 Å². The molecule has 3 rings (SSSR count). The highest BCUT2D eigenvalue weighted by atomic mass is 32.1. The molecule has 1 N–H and O–H groups in total. The van der Waals surface area contributed by atoms with E-state index in [0.717, 1.165) is 35.7 Å². The number of hydrogen-bond acceptors (Lipinski definition) is 4. The van der Waals surface area contributed by atoms with E-state index in [2.05, 4.69) is 36.3 Å². The Hall–Kier alpha value is -1.55. The number of benzene rings is 1. The molecule has 1 aliphatic rings. The van der Waals surface area contributed by atoms with Crippen LogP contribution in [0.2, 0.25) is 0 Å². The first-order valence-electron chi connectivity index (χ1n) is 6.23. The maximum atomic E-state index is 5.90. The second-order valence-electron chi connectivity index (χ2n) is 4.50. The number of fused-ring (bicyclic) bond motifs is 1. The summed E-state index contributed by atoms with van der Waals surface area (Å²) in [5.41, 5.74) is 5.19. The summed E-state index contributed by atoms with van der Waals surface area (Å²) in [5.74, 6) is 0.949. The zero-order chi connectivity index (χ0) is 12.5. The predicted octanol–water partition coefficient (Wildman–Crippen LogP) is 3.70. The topological polar surface area (TPSA) is 34.2 Å². The minimum atomic E-state index is 0.282. The first kappa shape index (κ1) is 11.5. The summed E-state index contributed by atoms with van der Waals surface area (Å²) in [6.07, 6.45) is 1.31. The predicted molar refractivity (Wildman–Crippen MR) is 75.5 cm³/mol. The highest BCUT2D eigenvalue weighted by Crippen LogP contribution is 2.35. The van der Waals surface area contributed by atoms with Crippen molar-refractivity contribution in [3.8, 4) is 17.0 Å². The fraction of sp³-hybridized carbons (Fsp3) is 0.357. The van der Waals surface area contributed by atoms with Gasteiger partial charge in [-0.2, -0.15) is 0 Å². The van der Waals surface area contributed by atoms with Crippen LogP contribution >= 0.6 is 11.3 Å². The Kier molecular flexibility index (Phi) is 2.96. The van der Waals surface area contributed by atoms with Gasteiger partial charge in [-0.1, -0.05) is 6.92 Å². The third-order valence-electron chi connectivity index (χ3n) is 3.27. The Balaban J connectivity index is 1.95. The van der Waals surface area contributed by atoms with E-state index < -0.39 is 0 Å². The van der Waals surface area contributed by atoms with Crippen molar-refractivity contribution < 1.29 is 4.74 Å². The molecule has 0 fully saturated rings. The van der Waals surface area contributed by atoms with E-state index in [4.69, 9.17) is 4.74 Å². The van der Waals surface area contributed by atoms with Crippen molar-refractivity contribution in [2.45, 2.75) is 26.4 Å². The lowest BCUT2D eigenvalue weighted by Gasteiger charge is -2.26. The van der Waals surface area contributed by atoms with Gasteiger partial charge >= 0.3 is 0 Å². The third kappa shape index (κ3) is 1.97. The molecular formula is C14H16N2OS. The summed E-state index contributed by atoms with van der Waals surface area (Å²) in [6, 6.07) is 6.25. The van der Waals surface area contributed by atoms with Crippen molar-refractivity contribution in [1.82, 2.24) is 4.98 Å². The molecule has 0 amide bonds. The molecule has 1 unspecified atom stereocenters. The van der Waals surface area contributed by atoms with E-state index >= 15 is 0 Å². The van der Waals surface area contributed by atoms with Gasteiger partial charge in [0.2, 0.25) is 0 Å². The number of thiazole rings is 1. The number of ether oxygens (including phenoxy) is 1. The average Bonchev–Trinajstić information content (AvgIpc) is 2.84. The molecule has 0 saturated carbocycles. The number of hydrogen-bond donors (Lipinski definition) is 1. The van der Waals surface area contributed by atoms with Crippen molar-refractivity contribution in [1.29, 1.82) is 0 Å². The molecule has 4 heteroatoms. The molecule has 94 valence electrons. The molecule has 0 bridgehead atoms. The smallest absolute Gasteiger partial charge is 0.142 e. The molecule has 1 aromatic carbocycles. The van der Waals surface area contributed by atoms with E-state index in [0.29, 0.717) is 0 Å². The molecule has 1 aromatic heterocycles. The summed E-state index contributed by atoms with van der Waals surface area (Å²) in [7, 11) is 0. The van der Waals surface area contributed by atoms with Crippen LogP contribution in [0.15, 0.2) is 23.7 Å². The monoisotopic (exact) mass is 260 g/mol. The largest absolute Gasteiger partial charge is 0.486 e. The summed E-state index contributed by atoms with van der Waals surface area (Å²) < 4.78 is 5.90. The number of aromatic nitrogens is 1. The summed E-state index contributed by atoms with van der Waals surface area (Å²) in [6.45, 7) is 5.12. The van der Waals surface area contributed by atoms with Gasteiger partial charge in [-0.3, -0.25) is 0 Å². The van der Waals surface area contributed by atoms with Gasteiger partial charge in [0, 0.05) is 10.4 Å². The minimum absolute atomic E-state index is 0.282. The minimum Gasteiger partial charge on any atom is -0.486 e. The van der Waals surface area contributed by atoms with Crippen LogP contribution in [0.1, 0.15) is 18.2 Å². The number of rotatable bonds is 2. The second kappa shape index (κ2) is 4.61. The highest BCUT2D eigenvalue weighted by molar-refractivity contribution is 7.10. The second-order valence-corrected chi connectivity index (χ2v) is 5.56. The van der Waals surface area contributed by atoms with Gasteiger partial charge in [-0.15, -0.1) is 11.3 Å². The van der Waals surface area contributed by atoms with E-state index in [9.17, 15) is 0 Å². The molecule has 0 radical (unpaired) electrons. The molecule has 3 nitrogen and oxygen atoms in total. The van der Waals surface area contributed by atoms with Crippen molar-refractivity contribution in [2.24, 2.45) is 0 Å². The Morgan fingerprint density at radius 2 is 2.39 bits per heavy atom. The summed E-state index contributed by atoms with van der Waals surface area (Å²) >= 11 is 1.68. The van der Waals surface area contributed by atoms with Gasteiger partial charge in [0.25, 0.3) is 0 Å². The van der Waals surface area contributed by atoms with Crippen LogP contribution < -0.4 is 10.1 Å². The standard InChI is InChI=1S/C14H16N2OS/c1-3-11-7-15-12-6-10(4-5-13(12)17-11)14-9(2)18-8-16-14/h4-6,8,11,15H,3,7H2,1-2H3. The molecule has 2 heterocycles. The van der Waals surface area contributed by atoms with E-state index in [-0.39, 0.29) is 6.10 Å². The Labute approximate surface area is 111 Å². The van der Waals surface area contributed by atoms with Crippen molar-refractivity contribution in [3.05, 3.63) is 28.6 Å². The van der Waals surface area contributed by atoms with Crippen LogP contribution in [-0.4, -0.2) is 17.6 Å². The van der Waals surface area contributed by atoms with Crippen molar-refractivity contribution in [2.75, 3.05) is 11.9 Å². The number of anilines is 1. The van der Waals surface area contributed by atoms with Crippen LogP contribution in [0, 0.1) is 6.92 Å². The fourth-order valence-corrected chi connectivity index (χ4v) is 2.77. The fourth-order valence-electron chi connectivity index (χ4n) is 2.17.